The number of hydrogen-bond acceptors (Lipinski definition) is 3. The highest BCUT2D eigenvalue weighted by Gasteiger charge is 2.19. The fourth-order valence-corrected chi connectivity index (χ4v) is 1.15. The summed E-state index contributed by atoms with van der Waals surface area (Å²) in [6, 6.07) is 8.62. The second-order valence-electron chi connectivity index (χ2n) is 3.07. The van der Waals surface area contributed by atoms with Crippen molar-refractivity contribution in [2.24, 2.45) is 0 Å². The highest BCUT2D eigenvalue weighted by Crippen LogP contribution is 1.99. The maximum absolute atomic E-state index is 11.7. The van der Waals surface area contributed by atoms with Crippen LogP contribution in [0.1, 0.15) is 10.4 Å². The highest BCUT2D eigenvalue weighted by atomic mass is 16.5. The molecule has 86 valence electrons. The average Bonchev–Trinajstić information content (AvgIpc) is 2.35. The van der Waals surface area contributed by atoms with Crippen LogP contribution in [0.5, 0.6) is 0 Å². The number of hydrogen-bond donors (Lipinski definition) is 2. The first kappa shape index (κ1) is 12.2. The van der Waals surface area contributed by atoms with E-state index in [0.717, 1.165) is 0 Å². The molecule has 5 heteroatoms. The topological polar surface area (TPSA) is 67.4 Å². The fraction of sp³-hybridized carbons (Fsp3) is 0.273. The highest BCUT2D eigenvalue weighted by molar-refractivity contribution is 5.97. The van der Waals surface area contributed by atoms with Crippen LogP contribution in [0.3, 0.4) is 0 Å². The number of rotatable bonds is 4. The third-order valence-electron chi connectivity index (χ3n) is 2.02. The quantitative estimate of drug-likeness (QED) is 0.712. The number of carbonyl (C=O) groups is 2. The van der Waals surface area contributed by atoms with E-state index in [9.17, 15) is 9.59 Å². The van der Waals surface area contributed by atoms with Crippen molar-refractivity contribution in [3.05, 3.63) is 35.9 Å². The summed E-state index contributed by atoms with van der Waals surface area (Å²) in [5, 5.41) is 4.85. The van der Waals surface area contributed by atoms with E-state index >= 15 is 0 Å². The molecule has 1 unspecified atom stereocenters. The molecule has 0 aliphatic rings. The molecule has 0 heterocycles. The standard InChI is InChI=1S/C11H14N2O3/c1-12-10(15)11(16-2)13-9(14)8-6-4-3-5-7-8/h3-7,11H,1-2H3,(H,12,15)(H,13,14). The van der Waals surface area contributed by atoms with Gasteiger partial charge in [-0.05, 0) is 12.1 Å². The lowest BCUT2D eigenvalue weighted by Crippen LogP contribution is -2.46. The molecule has 5 nitrogen and oxygen atoms in total. The Bertz CT molecular complexity index is 365. The minimum atomic E-state index is -0.974. The number of amides is 2. The summed E-state index contributed by atoms with van der Waals surface area (Å²) in [5.41, 5.74) is 0.480. The third kappa shape index (κ3) is 3.06. The second-order valence-corrected chi connectivity index (χ2v) is 3.07. The van der Waals surface area contributed by atoms with Crippen molar-refractivity contribution in [2.75, 3.05) is 14.2 Å². The van der Waals surface area contributed by atoms with Gasteiger partial charge in [-0.3, -0.25) is 9.59 Å². The van der Waals surface area contributed by atoms with Crippen LogP contribution in [0.4, 0.5) is 0 Å². The van der Waals surface area contributed by atoms with Crippen molar-refractivity contribution < 1.29 is 14.3 Å². The Morgan fingerprint density at radius 2 is 1.88 bits per heavy atom. The molecule has 0 saturated heterocycles. The van der Waals surface area contributed by atoms with E-state index in [4.69, 9.17) is 4.74 Å². The predicted octanol–water partition coefficient (Wildman–Crippen LogP) is 0.135. The second kappa shape index (κ2) is 5.87. The zero-order chi connectivity index (χ0) is 12.0. The molecule has 2 N–H and O–H groups in total. The van der Waals surface area contributed by atoms with E-state index in [1.54, 1.807) is 24.3 Å². The van der Waals surface area contributed by atoms with Gasteiger partial charge in [-0.2, -0.15) is 0 Å². The number of likely N-dealkylation sites (N-methyl/N-ethyl adjacent to an activating group) is 1. The summed E-state index contributed by atoms with van der Waals surface area (Å²) in [4.78, 5) is 22.9. The molecule has 1 rings (SSSR count). The molecule has 0 radical (unpaired) electrons. The Labute approximate surface area is 93.8 Å². The number of carbonyl (C=O) groups excluding carboxylic acids is 2. The Morgan fingerprint density at radius 1 is 1.25 bits per heavy atom. The molecule has 1 aromatic rings. The van der Waals surface area contributed by atoms with Gasteiger partial charge in [-0.25, -0.2) is 0 Å². The Kier molecular flexibility index (Phi) is 4.47. The Balaban J connectivity index is 2.66. The first-order valence-electron chi connectivity index (χ1n) is 4.79. The van der Waals surface area contributed by atoms with Gasteiger partial charge in [-0.15, -0.1) is 0 Å². The van der Waals surface area contributed by atoms with Crippen LogP contribution in [-0.4, -0.2) is 32.2 Å². The van der Waals surface area contributed by atoms with Gasteiger partial charge in [0.15, 0.2) is 0 Å². The van der Waals surface area contributed by atoms with Crippen LogP contribution in [-0.2, 0) is 9.53 Å². The predicted molar refractivity (Wildman–Crippen MR) is 58.8 cm³/mol. The molecule has 16 heavy (non-hydrogen) atoms. The molecular weight excluding hydrogens is 208 g/mol. The van der Waals surface area contributed by atoms with Crippen LogP contribution < -0.4 is 10.6 Å². The normalized spacial score (nSPS) is 11.6. The van der Waals surface area contributed by atoms with Gasteiger partial charge < -0.3 is 15.4 Å². The van der Waals surface area contributed by atoms with Crippen LogP contribution >= 0.6 is 0 Å². The van der Waals surface area contributed by atoms with E-state index in [0.29, 0.717) is 5.56 Å². The minimum Gasteiger partial charge on any atom is -0.355 e. The fourth-order valence-electron chi connectivity index (χ4n) is 1.15. The summed E-state index contributed by atoms with van der Waals surface area (Å²) in [5.74, 6) is -0.747. The zero-order valence-corrected chi connectivity index (χ0v) is 9.19. The first-order chi connectivity index (χ1) is 7.69. The van der Waals surface area contributed by atoms with E-state index in [2.05, 4.69) is 10.6 Å². The minimum absolute atomic E-state index is 0.351. The van der Waals surface area contributed by atoms with Crippen molar-refractivity contribution in [2.45, 2.75) is 6.23 Å². The Morgan fingerprint density at radius 3 is 2.38 bits per heavy atom. The molecule has 0 aliphatic heterocycles. The first-order valence-corrected chi connectivity index (χ1v) is 4.79. The number of ether oxygens (including phenoxy) is 1. The monoisotopic (exact) mass is 222 g/mol. The molecule has 0 aliphatic carbocycles. The van der Waals surface area contributed by atoms with Crippen molar-refractivity contribution in [1.82, 2.24) is 10.6 Å². The average molecular weight is 222 g/mol. The van der Waals surface area contributed by atoms with Crippen molar-refractivity contribution >= 4 is 11.8 Å². The maximum Gasteiger partial charge on any atom is 0.269 e. The lowest BCUT2D eigenvalue weighted by molar-refractivity contribution is -0.131. The summed E-state index contributed by atoms with van der Waals surface area (Å²) < 4.78 is 4.85. The van der Waals surface area contributed by atoms with Gasteiger partial charge >= 0.3 is 0 Å². The number of methoxy groups -OCH3 is 1. The van der Waals surface area contributed by atoms with E-state index in [1.165, 1.54) is 14.2 Å². The lowest BCUT2D eigenvalue weighted by atomic mass is 10.2. The van der Waals surface area contributed by atoms with Crippen molar-refractivity contribution in [3.8, 4) is 0 Å². The molecule has 0 aromatic heterocycles. The van der Waals surface area contributed by atoms with Crippen LogP contribution in [0.15, 0.2) is 30.3 Å². The molecule has 2 amide bonds. The SMILES string of the molecule is CNC(=O)C(NC(=O)c1ccccc1)OC. The molecule has 0 saturated carbocycles. The van der Waals surface area contributed by atoms with E-state index in [1.807, 2.05) is 6.07 Å². The molecule has 0 spiro atoms. The summed E-state index contributed by atoms with van der Waals surface area (Å²) in [7, 11) is 2.83. The molecule has 1 atom stereocenters. The molecule has 1 aromatic carbocycles. The summed E-state index contributed by atoms with van der Waals surface area (Å²) in [6.07, 6.45) is -0.974. The largest absolute Gasteiger partial charge is 0.355 e. The third-order valence-corrected chi connectivity index (χ3v) is 2.02. The van der Waals surface area contributed by atoms with Crippen LogP contribution in [0, 0.1) is 0 Å². The van der Waals surface area contributed by atoms with Gasteiger partial charge in [0.05, 0.1) is 0 Å². The maximum atomic E-state index is 11.7. The summed E-state index contributed by atoms with van der Waals surface area (Å²) in [6.45, 7) is 0. The van der Waals surface area contributed by atoms with E-state index in [-0.39, 0.29) is 5.91 Å². The van der Waals surface area contributed by atoms with Crippen LogP contribution in [0.25, 0.3) is 0 Å². The lowest BCUT2D eigenvalue weighted by Gasteiger charge is -2.15. The van der Waals surface area contributed by atoms with Crippen molar-refractivity contribution in [1.29, 1.82) is 0 Å². The number of benzene rings is 1. The van der Waals surface area contributed by atoms with Gasteiger partial charge in [0.1, 0.15) is 0 Å². The van der Waals surface area contributed by atoms with Crippen molar-refractivity contribution in [3.63, 3.8) is 0 Å². The van der Waals surface area contributed by atoms with Gasteiger partial charge in [-0.1, -0.05) is 18.2 Å². The van der Waals surface area contributed by atoms with E-state index < -0.39 is 12.1 Å². The number of nitrogens with one attached hydrogen (secondary N) is 2. The van der Waals surface area contributed by atoms with Gasteiger partial charge in [0.2, 0.25) is 6.23 Å². The van der Waals surface area contributed by atoms with Crippen LogP contribution in [0.2, 0.25) is 0 Å². The Hall–Kier alpha value is -1.88. The molecule has 0 fully saturated rings. The van der Waals surface area contributed by atoms with Gasteiger partial charge in [0, 0.05) is 19.7 Å². The summed E-state index contributed by atoms with van der Waals surface area (Å²) >= 11 is 0. The smallest absolute Gasteiger partial charge is 0.269 e. The molecule has 0 bridgehead atoms. The van der Waals surface area contributed by atoms with Gasteiger partial charge in [0.25, 0.3) is 11.8 Å². The molecular formula is C11H14N2O3. The zero-order valence-electron chi connectivity index (χ0n) is 9.19.